The van der Waals surface area contributed by atoms with Crippen LogP contribution in [0, 0.1) is 0 Å². The van der Waals surface area contributed by atoms with Gasteiger partial charge in [0.25, 0.3) is 0 Å². The van der Waals surface area contributed by atoms with Crippen molar-refractivity contribution in [1.29, 1.82) is 0 Å². The number of benzene rings is 1. The van der Waals surface area contributed by atoms with Crippen molar-refractivity contribution in [3.63, 3.8) is 0 Å². The second kappa shape index (κ2) is 8.85. The Hall–Kier alpha value is -2.61. The van der Waals surface area contributed by atoms with Crippen molar-refractivity contribution in [3.05, 3.63) is 58.8 Å². The van der Waals surface area contributed by atoms with Crippen molar-refractivity contribution >= 4 is 40.7 Å². The van der Waals surface area contributed by atoms with Crippen LogP contribution in [0.2, 0.25) is 10.0 Å². The molecule has 1 atom stereocenters. The Balaban J connectivity index is 1.87. The normalized spacial score (nSPS) is 11.7. The lowest BCUT2D eigenvalue weighted by atomic mass is 10.2. The van der Waals surface area contributed by atoms with E-state index in [9.17, 15) is 5.11 Å². The quantitative estimate of drug-likeness (QED) is 0.440. The number of nitrogens with one attached hydrogen (secondary N) is 3. The molecule has 0 unspecified atom stereocenters. The van der Waals surface area contributed by atoms with E-state index in [1.807, 2.05) is 19.1 Å². The maximum Gasteiger partial charge on any atom is 0.225 e. The summed E-state index contributed by atoms with van der Waals surface area (Å²) in [5.74, 6) is 0.895. The predicted octanol–water partition coefficient (Wildman–Crippen LogP) is 4.08. The van der Waals surface area contributed by atoms with E-state index < -0.39 is 0 Å². The van der Waals surface area contributed by atoms with Crippen LogP contribution < -0.4 is 16.2 Å². The van der Waals surface area contributed by atoms with E-state index in [1.165, 1.54) is 0 Å². The molecular weight excluding hydrogens is 387 g/mol. The van der Waals surface area contributed by atoms with Gasteiger partial charge in [-0.05, 0) is 37.3 Å². The van der Waals surface area contributed by atoms with Crippen molar-refractivity contribution in [2.45, 2.75) is 13.0 Å². The molecule has 0 fully saturated rings. The Morgan fingerprint density at radius 3 is 2.67 bits per heavy atom. The van der Waals surface area contributed by atoms with Crippen LogP contribution in [0.4, 0.5) is 17.5 Å². The van der Waals surface area contributed by atoms with Crippen LogP contribution in [0.3, 0.4) is 0 Å². The van der Waals surface area contributed by atoms with Gasteiger partial charge in [-0.15, -0.1) is 0 Å². The van der Waals surface area contributed by atoms with Crippen molar-refractivity contribution in [3.8, 4) is 11.3 Å². The summed E-state index contributed by atoms with van der Waals surface area (Å²) < 4.78 is 0. The summed E-state index contributed by atoms with van der Waals surface area (Å²) in [6, 6.07) is 10.5. The third kappa shape index (κ3) is 5.19. The Labute approximate surface area is 166 Å². The maximum atomic E-state index is 9.28. The topological polar surface area (TPSA) is 95.0 Å². The molecule has 0 spiro atoms. The molecule has 0 aliphatic rings. The number of hydrazine groups is 1. The number of pyridine rings is 1. The molecule has 9 heteroatoms. The minimum Gasteiger partial charge on any atom is -0.394 e. The SMILES string of the molecule is C[C@@H](CO)Nc1nc(NNc2ccc(Cl)cc2Cl)cc(-c2cccnc2)n1. The molecule has 3 aromatic rings. The van der Waals surface area contributed by atoms with Gasteiger partial charge in [-0.25, -0.2) is 4.98 Å². The second-order valence-electron chi connectivity index (χ2n) is 5.81. The zero-order valence-corrected chi connectivity index (χ0v) is 16.0. The zero-order valence-electron chi connectivity index (χ0n) is 14.4. The second-order valence-corrected chi connectivity index (χ2v) is 6.65. The molecule has 2 aromatic heterocycles. The molecule has 27 heavy (non-hydrogen) atoms. The highest BCUT2D eigenvalue weighted by Crippen LogP contribution is 2.26. The van der Waals surface area contributed by atoms with E-state index in [4.69, 9.17) is 23.2 Å². The highest BCUT2D eigenvalue weighted by atomic mass is 35.5. The Bertz CT molecular complexity index is 910. The van der Waals surface area contributed by atoms with E-state index in [2.05, 4.69) is 31.1 Å². The summed E-state index contributed by atoms with van der Waals surface area (Å²) in [7, 11) is 0. The zero-order chi connectivity index (χ0) is 19.2. The number of hydrogen-bond donors (Lipinski definition) is 4. The van der Waals surface area contributed by atoms with E-state index in [-0.39, 0.29) is 12.6 Å². The molecule has 0 saturated heterocycles. The molecule has 4 N–H and O–H groups in total. The minimum atomic E-state index is -0.194. The standard InChI is InChI=1S/C18H18Cl2N6O/c1-11(10-27)22-18-23-16(12-3-2-6-21-9-12)8-17(24-18)26-25-15-5-4-13(19)7-14(15)20/h2-9,11,25,27H,10H2,1H3,(H2,22,23,24,26)/t11-/m0/s1. The van der Waals surface area contributed by atoms with Crippen LogP contribution in [-0.2, 0) is 0 Å². The van der Waals surface area contributed by atoms with Gasteiger partial charge < -0.3 is 10.4 Å². The van der Waals surface area contributed by atoms with Crippen LogP contribution in [0.15, 0.2) is 48.8 Å². The first-order valence-electron chi connectivity index (χ1n) is 8.19. The fraction of sp³-hybridized carbons (Fsp3) is 0.167. The summed E-state index contributed by atoms with van der Waals surface area (Å²) in [4.78, 5) is 13.0. The van der Waals surface area contributed by atoms with Crippen molar-refractivity contribution in [2.75, 3.05) is 22.8 Å². The van der Waals surface area contributed by atoms with Gasteiger partial charge in [-0.3, -0.25) is 15.8 Å². The van der Waals surface area contributed by atoms with Gasteiger partial charge in [-0.1, -0.05) is 23.2 Å². The van der Waals surface area contributed by atoms with Crippen molar-refractivity contribution in [2.24, 2.45) is 0 Å². The Morgan fingerprint density at radius 2 is 1.96 bits per heavy atom. The smallest absolute Gasteiger partial charge is 0.225 e. The van der Waals surface area contributed by atoms with Crippen LogP contribution in [0.5, 0.6) is 0 Å². The molecular formula is C18H18Cl2N6O. The molecule has 7 nitrogen and oxygen atoms in total. The summed E-state index contributed by atoms with van der Waals surface area (Å²) in [6.07, 6.45) is 3.41. The van der Waals surface area contributed by atoms with Crippen LogP contribution in [0.25, 0.3) is 11.3 Å². The van der Waals surface area contributed by atoms with Gasteiger partial charge >= 0.3 is 0 Å². The molecule has 0 bridgehead atoms. The summed E-state index contributed by atoms with van der Waals surface area (Å²) in [5.41, 5.74) is 8.19. The molecule has 0 amide bonds. The highest BCUT2D eigenvalue weighted by molar-refractivity contribution is 6.36. The molecule has 1 aromatic carbocycles. The number of hydrogen-bond acceptors (Lipinski definition) is 7. The van der Waals surface area contributed by atoms with Gasteiger partial charge in [0, 0.05) is 35.1 Å². The molecule has 140 valence electrons. The third-order valence-electron chi connectivity index (χ3n) is 3.59. The third-order valence-corrected chi connectivity index (χ3v) is 4.14. The summed E-state index contributed by atoms with van der Waals surface area (Å²) in [5, 5.41) is 13.4. The number of anilines is 3. The summed E-state index contributed by atoms with van der Waals surface area (Å²) >= 11 is 12.1. The van der Waals surface area contributed by atoms with E-state index in [0.29, 0.717) is 33.2 Å². The average Bonchev–Trinajstić information content (AvgIpc) is 2.67. The Kier molecular flexibility index (Phi) is 6.28. The molecule has 0 radical (unpaired) electrons. The van der Waals surface area contributed by atoms with Crippen molar-refractivity contribution < 1.29 is 5.11 Å². The lowest BCUT2D eigenvalue weighted by Crippen LogP contribution is -2.21. The first-order chi connectivity index (χ1) is 13.0. The molecule has 3 rings (SSSR count). The van der Waals surface area contributed by atoms with Gasteiger partial charge in [0.15, 0.2) is 5.82 Å². The predicted molar refractivity (Wildman–Crippen MR) is 109 cm³/mol. The monoisotopic (exact) mass is 404 g/mol. The first kappa shape index (κ1) is 19.2. The van der Waals surface area contributed by atoms with E-state index in [0.717, 1.165) is 5.56 Å². The van der Waals surface area contributed by atoms with Gasteiger partial charge in [0.1, 0.15) is 0 Å². The first-order valence-corrected chi connectivity index (χ1v) is 8.94. The molecule has 0 aliphatic heterocycles. The Morgan fingerprint density at radius 1 is 1.11 bits per heavy atom. The van der Waals surface area contributed by atoms with Crippen molar-refractivity contribution in [1.82, 2.24) is 15.0 Å². The summed E-state index contributed by atoms with van der Waals surface area (Å²) in [6.45, 7) is 1.79. The molecule has 2 heterocycles. The van der Waals surface area contributed by atoms with E-state index in [1.54, 1.807) is 36.7 Å². The largest absolute Gasteiger partial charge is 0.394 e. The number of aliphatic hydroxyl groups is 1. The van der Waals surface area contributed by atoms with Gasteiger partial charge in [0.2, 0.25) is 5.95 Å². The number of rotatable bonds is 7. The lowest BCUT2D eigenvalue weighted by Gasteiger charge is -2.15. The number of aromatic nitrogens is 3. The van der Waals surface area contributed by atoms with E-state index >= 15 is 0 Å². The van der Waals surface area contributed by atoms with Crippen LogP contribution in [-0.4, -0.2) is 32.7 Å². The molecule has 0 saturated carbocycles. The number of nitrogens with zero attached hydrogens (tertiary/aromatic N) is 3. The lowest BCUT2D eigenvalue weighted by molar-refractivity contribution is 0.281. The highest BCUT2D eigenvalue weighted by Gasteiger charge is 2.10. The van der Waals surface area contributed by atoms with Crippen LogP contribution >= 0.6 is 23.2 Å². The van der Waals surface area contributed by atoms with Gasteiger partial charge in [0.05, 0.1) is 23.0 Å². The minimum absolute atomic E-state index is 0.0398. The maximum absolute atomic E-state index is 9.28. The average molecular weight is 405 g/mol. The molecule has 0 aliphatic carbocycles. The van der Waals surface area contributed by atoms with Crippen LogP contribution in [0.1, 0.15) is 6.92 Å². The fourth-order valence-electron chi connectivity index (χ4n) is 2.23. The van der Waals surface area contributed by atoms with Gasteiger partial charge in [-0.2, -0.15) is 4.98 Å². The number of aliphatic hydroxyl groups excluding tert-OH is 1. The fourth-order valence-corrected chi connectivity index (χ4v) is 2.68. The number of halogens is 2.